The van der Waals surface area contributed by atoms with Gasteiger partial charge in [-0.25, -0.2) is 4.57 Å². The van der Waals surface area contributed by atoms with Crippen LogP contribution in [0.2, 0.25) is 0 Å². The fraction of sp³-hybridized carbons (Fsp3) is 0.872. The molecule has 0 aliphatic heterocycles. The van der Waals surface area contributed by atoms with E-state index in [4.69, 9.17) is 23.3 Å². The number of hydrogen-bond acceptors (Lipinski definition) is 11. The van der Waals surface area contributed by atoms with Gasteiger partial charge in [-0.15, -0.1) is 0 Å². The number of rotatable bonds is 45. The summed E-state index contributed by atoms with van der Waals surface area (Å²) in [6.07, 6.45) is 36.0. The van der Waals surface area contributed by atoms with E-state index in [1.807, 2.05) is 0 Å². The number of nitrogens with one attached hydrogen (secondary N) is 1. The molecule has 2 N–H and O–H groups in total. The van der Waals surface area contributed by atoms with Gasteiger partial charge in [-0.1, -0.05) is 194 Å². The molecular formula is C47H86NO11P. The van der Waals surface area contributed by atoms with Crippen LogP contribution in [-0.2, 0) is 32.7 Å². The fourth-order valence-electron chi connectivity index (χ4n) is 7.27. The van der Waals surface area contributed by atoms with Gasteiger partial charge in [0.15, 0.2) is 11.9 Å². The van der Waals surface area contributed by atoms with Crippen LogP contribution in [0.1, 0.15) is 226 Å². The lowest BCUT2D eigenvalue weighted by atomic mass is 10.0. The lowest BCUT2D eigenvalue weighted by molar-refractivity contribution is -0.161. The summed E-state index contributed by atoms with van der Waals surface area (Å²) in [5.41, 5.74) is -1.47. The normalized spacial score (nSPS) is 13.0. The van der Waals surface area contributed by atoms with Crippen LogP contribution in [0.5, 0.6) is 5.75 Å². The predicted octanol–water partition coefficient (Wildman–Crippen LogP) is 12.2. The molecule has 0 saturated heterocycles. The molecule has 350 valence electrons. The van der Waals surface area contributed by atoms with E-state index >= 15 is 0 Å². The summed E-state index contributed by atoms with van der Waals surface area (Å²) in [7, 11) is -4.61. The number of phosphoric ester groups is 1. The van der Waals surface area contributed by atoms with Gasteiger partial charge in [0.05, 0.1) is 19.8 Å². The van der Waals surface area contributed by atoms with Crippen molar-refractivity contribution in [2.45, 2.75) is 232 Å². The van der Waals surface area contributed by atoms with Crippen molar-refractivity contribution in [1.29, 1.82) is 0 Å². The quantitative estimate of drug-likeness (QED) is 0.0276. The van der Waals surface area contributed by atoms with Crippen LogP contribution in [-0.4, -0.2) is 55.9 Å². The van der Waals surface area contributed by atoms with Crippen LogP contribution in [0.25, 0.3) is 0 Å². The monoisotopic (exact) mass is 872 g/mol. The number of unbranched alkanes of at least 4 members (excludes halogenated alkanes) is 28. The average Bonchev–Trinajstić information content (AvgIpc) is 3.23. The first kappa shape index (κ1) is 55.7. The Kier molecular flexibility index (Phi) is 35.7. The van der Waals surface area contributed by atoms with Crippen LogP contribution < -0.4 is 20.9 Å². The Bertz CT molecular complexity index is 1310. The number of hydrogen-bond donors (Lipinski definition) is 2. The van der Waals surface area contributed by atoms with Gasteiger partial charge in [0.25, 0.3) is 10.9 Å². The van der Waals surface area contributed by atoms with E-state index in [9.17, 15) is 28.6 Å². The Morgan fingerprint density at radius 3 is 1.37 bits per heavy atom. The first-order valence-corrected chi connectivity index (χ1v) is 25.8. The Labute approximate surface area is 363 Å². The summed E-state index contributed by atoms with van der Waals surface area (Å²) < 4.78 is 38.9. The topological polar surface area (TPSA) is 164 Å². The van der Waals surface area contributed by atoms with E-state index < -0.39 is 43.3 Å². The Morgan fingerprint density at radius 2 is 0.950 bits per heavy atom. The summed E-state index contributed by atoms with van der Waals surface area (Å²) in [6.45, 7) is 5.14. The van der Waals surface area contributed by atoms with Gasteiger partial charge in [-0.2, -0.15) is 0 Å². The summed E-state index contributed by atoms with van der Waals surface area (Å²) >= 11 is 0. The molecule has 1 aromatic carbocycles. The van der Waals surface area contributed by atoms with Crippen LogP contribution in [0.15, 0.2) is 9.59 Å². The molecule has 0 aromatic heterocycles. The minimum atomic E-state index is -4.61. The number of carbonyl (C=O) groups excluding carboxylic acids is 2. The van der Waals surface area contributed by atoms with E-state index in [0.29, 0.717) is 12.8 Å². The summed E-state index contributed by atoms with van der Waals surface area (Å²) in [5, 5.41) is 2.68. The zero-order valence-electron chi connectivity index (χ0n) is 38.2. The van der Waals surface area contributed by atoms with Crippen molar-refractivity contribution in [1.82, 2.24) is 0 Å². The third kappa shape index (κ3) is 30.7. The molecule has 0 spiro atoms. The molecule has 0 heterocycles. The number of ether oxygens (including phenoxy) is 3. The minimum absolute atomic E-state index is 0.00800. The van der Waals surface area contributed by atoms with Crippen LogP contribution in [0.3, 0.4) is 0 Å². The lowest BCUT2D eigenvalue weighted by Crippen LogP contribution is -2.36. The molecule has 12 nitrogen and oxygen atoms in total. The minimum Gasteiger partial charge on any atom is -0.488 e. The second-order valence-electron chi connectivity index (χ2n) is 16.5. The summed E-state index contributed by atoms with van der Waals surface area (Å²) in [4.78, 5) is 59.0. The van der Waals surface area contributed by atoms with Gasteiger partial charge in [-0.3, -0.25) is 28.2 Å². The zero-order valence-corrected chi connectivity index (χ0v) is 39.1. The largest absolute Gasteiger partial charge is 0.488 e. The van der Waals surface area contributed by atoms with Crippen molar-refractivity contribution in [3.63, 3.8) is 0 Å². The molecule has 13 heteroatoms. The predicted molar refractivity (Wildman–Crippen MR) is 243 cm³/mol. The molecule has 0 amide bonds. The van der Waals surface area contributed by atoms with Gasteiger partial charge in [0.2, 0.25) is 0 Å². The maximum atomic E-state index is 12.8. The SMILES string of the molecule is CCCCCCCCCCCCCCCCCC(=O)OC[C@H](COP(=O)(O)OCCNc1c(OCC)c(=O)c1=O)OC(=O)CCCCCCCCCCCCCCCCC. The molecule has 0 saturated carbocycles. The third-order valence-electron chi connectivity index (χ3n) is 10.9. The van der Waals surface area contributed by atoms with Crippen molar-refractivity contribution in [2.75, 3.05) is 38.3 Å². The number of esters is 2. The Balaban J connectivity index is 2.37. The third-order valence-corrected chi connectivity index (χ3v) is 11.9. The zero-order chi connectivity index (χ0) is 43.9. The van der Waals surface area contributed by atoms with E-state index in [0.717, 1.165) is 38.5 Å². The van der Waals surface area contributed by atoms with E-state index in [1.54, 1.807) is 6.92 Å². The summed E-state index contributed by atoms with van der Waals surface area (Å²) in [5.74, 6) is -0.991. The molecule has 0 radical (unpaired) electrons. The number of carbonyl (C=O) groups is 2. The maximum Gasteiger partial charge on any atom is 0.472 e. The van der Waals surface area contributed by atoms with Gasteiger partial charge >= 0.3 is 19.8 Å². The smallest absolute Gasteiger partial charge is 0.472 e. The van der Waals surface area contributed by atoms with E-state index in [1.165, 1.54) is 141 Å². The van der Waals surface area contributed by atoms with Crippen molar-refractivity contribution in [3.8, 4) is 5.75 Å². The molecule has 0 fully saturated rings. The highest BCUT2D eigenvalue weighted by molar-refractivity contribution is 7.47. The average molecular weight is 872 g/mol. The van der Waals surface area contributed by atoms with Crippen LogP contribution in [0, 0.1) is 0 Å². The Hall–Kier alpha value is -2.27. The van der Waals surface area contributed by atoms with Gasteiger partial charge in [0.1, 0.15) is 12.3 Å². The number of anilines is 1. The standard InChI is InChI=1S/C47H86NO11P/c1-4-7-9-11-13-15-17-19-21-23-25-27-29-31-33-35-42(49)56-39-41(40-58-60(53,54)57-38-37-48-44-45(51)46(52)47(44)55-6-3)59-43(50)36-34-32-30-28-26-24-22-20-18-16-14-12-10-8-5-2/h41,48H,4-40H2,1-3H3,(H,53,54)/t41-/m1/s1. The molecule has 1 unspecified atom stereocenters. The molecule has 2 atom stereocenters. The highest BCUT2D eigenvalue weighted by atomic mass is 31.2. The molecule has 1 aromatic rings. The van der Waals surface area contributed by atoms with Gasteiger partial charge in [-0.05, 0) is 19.8 Å². The highest BCUT2D eigenvalue weighted by Gasteiger charge is 2.27. The second-order valence-corrected chi connectivity index (χ2v) is 18.0. The van der Waals surface area contributed by atoms with E-state index in [2.05, 4.69) is 19.2 Å². The van der Waals surface area contributed by atoms with Crippen LogP contribution in [0.4, 0.5) is 5.69 Å². The second kappa shape index (κ2) is 38.4. The molecule has 0 bridgehead atoms. The molecule has 60 heavy (non-hydrogen) atoms. The lowest BCUT2D eigenvalue weighted by Gasteiger charge is -2.20. The molecule has 0 aliphatic carbocycles. The van der Waals surface area contributed by atoms with E-state index in [-0.39, 0.29) is 50.6 Å². The van der Waals surface area contributed by atoms with Gasteiger partial charge in [0, 0.05) is 19.4 Å². The van der Waals surface area contributed by atoms with Crippen molar-refractivity contribution in [2.24, 2.45) is 0 Å². The van der Waals surface area contributed by atoms with Gasteiger partial charge < -0.3 is 24.4 Å². The first-order valence-electron chi connectivity index (χ1n) is 24.3. The fourth-order valence-corrected chi connectivity index (χ4v) is 8.02. The Morgan fingerprint density at radius 1 is 0.550 bits per heavy atom. The van der Waals surface area contributed by atoms with Crippen molar-refractivity contribution in [3.05, 3.63) is 20.4 Å². The molecular weight excluding hydrogens is 785 g/mol. The number of phosphoric acid groups is 1. The molecule has 0 aliphatic rings. The molecule has 1 rings (SSSR count). The van der Waals surface area contributed by atoms with Crippen molar-refractivity contribution >= 4 is 25.4 Å². The van der Waals surface area contributed by atoms with Crippen molar-refractivity contribution < 1.29 is 42.3 Å². The highest BCUT2D eigenvalue weighted by Crippen LogP contribution is 2.43. The summed E-state index contributed by atoms with van der Waals surface area (Å²) in [6, 6.07) is 0. The van der Waals surface area contributed by atoms with Crippen LogP contribution >= 0.6 is 7.82 Å². The first-order chi connectivity index (χ1) is 29.1. The maximum absolute atomic E-state index is 12.8.